The summed E-state index contributed by atoms with van der Waals surface area (Å²) in [5.41, 5.74) is 7.96. The fourth-order valence-corrected chi connectivity index (χ4v) is 1.48. The van der Waals surface area contributed by atoms with E-state index in [-0.39, 0.29) is 4.99 Å². The van der Waals surface area contributed by atoms with Gasteiger partial charge in [-0.2, -0.15) is 0 Å². The van der Waals surface area contributed by atoms with Gasteiger partial charge in [0.15, 0.2) is 5.82 Å². The number of hydrogen-bond donors (Lipinski definition) is 2. The molecule has 0 spiro atoms. The van der Waals surface area contributed by atoms with Crippen molar-refractivity contribution in [1.29, 1.82) is 0 Å². The zero-order chi connectivity index (χ0) is 12.3. The Labute approximate surface area is 104 Å². The minimum Gasteiger partial charge on any atom is -0.388 e. The number of aromatic nitrogens is 3. The number of rotatable bonds is 3. The van der Waals surface area contributed by atoms with Crippen molar-refractivity contribution in [2.45, 2.75) is 6.92 Å². The molecule has 6 heteroatoms. The molecule has 0 saturated carbocycles. The van der Waals surface area contributed by atoms with E-state index in [0.29, 0.717) is 11.5 Å². The molecule has 0 aliphatic carbocycles. The molecule has 0 aliphatic rings. The third-order valence-corrected chi connectivity index (χ3v) is 2.42. The second-order valence-electron chi connectivity index (χ2n) is 3.43. The lowest BCUT2D eigenvalue weighted by atomic mass is 10.2. The summed E-state index contributed by atoms with van der Waals surface area (Å²) in [4.78, 5) is 12.5. The summed E-state index contributed by atoms with van der Waals surface area (Å²) < 4.78 is 0. The lowest BCUT2D eigenvalue weighted by Gasteiger charge is -2.10. The highest BCUT2D eigenvalue weighted by atomic mass is 32.1. The van der Waals surface area contributed by atoms with Crippen LogP contribution in [0.1, 0.15) is 11.3 Å². The van der Waals surface area contributed by atoms with Crippen LogP contribution in [0.5, 0.6) is 0 Å². The molecule has 0 unspecified atom stereocenters. The van der Waals surface area contributed by atoms with Crippen molar-refractivity contribution in [2.24, 2.45) is 5.73 Å². The fraction of sp³-hybridized carbons (Fsp3) is 0.0909. The summed E-state index contributed by atoms with van der Waals surface area (Å²) in [6.45, 7) is 1.97. The first-order chi connectivity index (χ1) is 8.18. The van der Waals surface area contributed by atoms with Gasteiger partial charge in [0.2, 0.25) is 0 Å². The molecular formula is C11H11N5S. The molecule has 2 aromatic heterocycles. The molecule has 0 aliphatic heterocycles. The van der Waals surface area contributed by atoms with Gasteiger partial charge in [0.25, 0.3) is 0 Å². The molecule has 0 saturated heterocycles. The monoisotopic (exact) mass is 245 g/mol. The van der Waals surface area contributed by atoms with Gasteiger partial charge in [-0.15, -0.1) is 0 Å². The van der Waals surface area contributed by atoms with Crippen LogP contribution in [0.25, 0.3) is 0 Å². The Balaban J connectivity index is 2.37. The molecule has 0 atom stereocenters. The Morgan fingerprint density at radius 2 is 2.06 bits per heavy atom. The molecule has 0 aromatic carbocycles. The van der Waals surface area contributed by atoms with E-state index < -0.39 is 0 Å². The fourth-order valence-electron chi connectivity index (χ4n) is 1.33. The first-order valence-electron chi connectivity index (χ1n) is 4.97. The van der Waals surface area contributed by atoms with Crippen molar-refractivity contribution in [1.82, 2.24) is 15.0 Å². The van der Waals surface area contributed by atoms with Crippen molar-refractivity contribution in [3.8, 4) is 0 Å². The van der Waals surface area contributed by atoms with Gasteiger partial charge in [0, 0.05) is 18.6 Å². The van der Waals surface area contributed by atoms with Crippen LogP contribution in [0.15, 0.2) is 30.9 Å². The van der Waals surface area contributed by atoms with E-state index in [1.54, 1.807) is 24.8 Å². The van der Waals surface area contributed by atoms with Crippen molar-refractivity contribution < 1.29 is 0 Å². The van der Waals surface area contributed by atoms with Gasteiger partial charge in [-0.05, 0) is 18.6 Å². The third-order valence-electron chi connectivity index (χ3n) is 2.22. The molecule has 2 rings (SSSR count). The first-order valence-corrected chi connectivity index (χ1v) is 5.38. The molecule has 0 amide bonds. The molecule has 0 bridgehead atoms. The SMILES string of the molecule is Cc1ccncc1Nc1nccnc1C(N)=S. The van der Waals surface area contributed by atoms with E-state index in [1.807, 2.05) is 13.0 Å². The van der Waals surface area contributed by atoms with E-state index in [4.69, 9.17) is 18.0 Å². The summed E-state index contributed by atoms with van der Waals surface area (Å²) in [7, 11) is 0. The summed E-state index contributed by atoms with van der Waals surface area (Å²) in [6.07, 6.45) is 6.57. The van der Waals surface area contributed by atoms with Gasteiger partial charge < -0.3 is 11.1 Å². The Bertz CT molecular complexity index is 555. The average Bonchev–Trinajstić information content (AvgIpc) is 2.32. The molecule has 2 aromatic rings. The zero-order valence-corrected chi connectivity index (χ0v) is 10.0. The van der Waals surface area contributed by atoms with Crippen LogP contribution in [0, 0.1) is 6.92 Å². The van der Waals surface area contributed by atoms with Crippen molar-refractivity contribution in [2.75, 3.05) is 5.32 Å². The molecule has 0 radical (unpaired) electrons. The van der Waals surface area contributed by atoms with Crippen LogP contribution in [-0.2, 0) is 0 Å². The summed E-state index contributed by atoms with van der Waals surface area (Å²) in [5, 5.41) is 3.12. The lowest BCUT2D eigenvalue weighted by molar-refractivity contribution is 1.17. The minimum absolute atomic E-state index is 0.210. The van der Waals surface area contributed by atoms with E-state index in [1.165, 1.54) is 0 Å². The summed E-state index contributed by atoms with van der Waals surface area (Å²) >= 11 is 4.92. The highest BCUT2D eigenvalue weighted by molar-refractivity contribution is 7.80. The highest BCUT2D eigenvalue weighted by Crippen LogP contribution is 2.18. The summed E-state index contributed by atoms with van der Waals surface area (Å²) in [5.74, 6) is 0.538. The van der Waals surface area contributed by atoms with Crippen LogP contribution >= 0.6 is 12.2 Å². The van der Waals surface area contributed by atoms with Gasteiger partial charge in [-0.25, -0.2) is 9.97 Å². The largest absolute Gasteiger partial charge is 0.388 e. The highest BCUT2D eigenvalue weighted by Gasteiger charge is 2.08. The van der Waals surface area contributed by atoms with E-state index in [0.717, 1.165) is 11.3 Å². The normalized spacial score (nSPS) is 9.94. The van der Waals surface area contributed by atoms with Crippen LogP contribution in [-0.4, -0.2) is 19.9 Å². The first kappa shape index (κ1) is 11.4. The smallest absolute Gasteiger partial charge is 0.159 e. The van der Waals surface area contributed by atoms with Crippen LogP contribution in [0.2, 0.25) is 0 Å². The van der Waals surface area contributed by atoms with Crippen LogP contribution in [0.4, 0.5) is 11.5 Å². The number of anilines is 2. The van der Waals surface area contributed by atoms with Gasteiger partial charge in [-0.1, -0.05) is 12.2 Å². The Morgan fingerprint density at radius 1 is 1.29 bits per heavy atom. The molecule has 3 N–H and O–H groups in total. The zero-order valence-electron chi connectivity index (χ0n) is 9.21. The van der Waals surface area contributed by atoms with E-state index in [9.17, 15) is 0 Å². The van der Waals surface area contributed by atoms with E-state index in [2.05, 4.69) is 20.3 Å². The van der Waals surface area contributed by atoms with Gasteiger partial charge in [0.05, 0.1) is 11.9 Å². The van der Waals surface area contributed by atoms with Gasteiger partial charge in [0.1, 0.15) is 10.7 Å². The maximum atomic E-state index is 5.58. The standard InChI is InChI=1S/C11H11N5S/c1-7-2-3-13-6-8(7)16-11-9(10(12)17)14-4-5-15-11/h2-6H,1H3,(H2,12,17)(H,15,16). The van der Waals surface area contributed by atoms with Crippen molar-refractivity contribution >= 4 is 28.7 Å². The quantitative estimate of drug-likeness (QED) is 0.799. The van der Waals surface area contributed by atoms with Crippen LogP contribution in [0.3, 0.4) is 0 Å². The second kappa shape index (κ2) is 4.84. The third kappa shape index (κ3) is 2.54. The maximum Gasteiger partial charge on any atom is 0.159 e. The number of pyridine rings is 1. The number of nitrogens with one attached hydrogen (secondary N) is 1. The summed E-state index contributed by atoms with van der Waals surface area (Å²) in [6, 6.07) is 1.90. The lowest BCUT2D eigenvalue weighted by Crippen LogP contribution is -2.15. The van der Waals surface area contributed by atoms with Crippen molar-refractivity contribution in [3.05, 3.63) is 42.1 Å². The Kier molecular flexibility index (Phi) is 3.24. The van der Waals surface area contributed by atoms with Gasteiger partial charge in [-0.3, -0.25) is 4.98 Å². The van der Waals surface area contributed by atoms with Gasteiger partial charge >= 0.3 is 0 Å². The Morgan fingerprint density at radius 3 is 2.76 bits per heavy atom. The molecule has 0 fully saturated rings. The number of nitrogens with zero attached hydrogens (tertiary/aromatic N) is 3. The maximum absolute atomic E-state index is 5.58. The molecule has 2 heterocycles. The number of aryl methyl sites for hydroxylation is 1. The Hall–Kier alpha value is -2.08. The van der Waals surface area contributed by atoms with Crippen LogP contribution < -0.4 is 11.1 Å². The second-order valence-corrected chi connectivity index (χ2v) is 3.87. The predicted octanol–water partition coefficient (Wildman–Crippen LogP) is 1.56. The molecule has 5 nitrogen and oxygen atoms in total. The van der Waals surface area contributed by atoms with Crippen molar-refractivity contribution in [3.63, 3.8) is 0 Å². The minimum atomic E-state index is 0.210. The number of thiocarbonyl (C=S) groups is 1. The number of nitrogens with two attached hydrogens (primary N) is 1. The van der Waals surface area contributed by atoms with E-state index >= 15 is 0 Å². The predicted molar refractivity (Wildman–Crippen MR) is 70.2 cm³/mol. The average molecular weight is 245 g/mol. The molecular weight excluding hydrogens is 234 g/mol. The topological polar surface area (TPSA) is 76.7 Å². The molecule has 86 valence electrons. The number of hydrogen-bond acceptors (Lipinski definition) is 5. The molecule has 17 heavy (non-hydrogen) atoms.